The highest BCUT2D eigenvalue weighted by molar-refractivity contribution is 5.85. The number of amides is 1. The van der Waals surface area contributed by atoms with Gasteiger partial charge < -0.3 is 15.0 Å². The zero-order valence-electron chi connectivity index (χ0n) is 16.0. The maximum atomic E-state index is 12.4. The van der Waals surface area contributed by atoms with Gasteiger partial charge in [0.05, 0.1) is 0 Å². The molecule has 1 amide bonds. The van der Waals surface area contributed by atoms with Gasteiger partial charge in [-0.15, -0.1) is 12.4 Å². The molecule has 1 unspecified atom stereocenters. The lowest BCUT2D eigenvalue weighted by Crippen LogP contribution is -2.55. The third kappa shape index (κ3) is 5.89. The molecule has 1 aromatic rings. The van der Waals surface area contributed by atoms with Crippen molar-refractivity contribution in [3.05, 3.63) is 29.8 Å². The van der Waals surface area contributed by atoms with Crippen LogP contribution in [0.25, 0.3) is 0 Å². The average molecular weight is 369 g/mol. The maximum absolute atomic E-state index is 12.4. The van der Waals surface area contributed by atoms with Gasteiger partial charge in [-0.2, -0.15) is 0 Å². The van der Waals surface area contributed by atoms with Crippen LogP contribution in [0.1, 0.15) is 51.5 Å². The second-order valence-corrected chi connectivity index (χ2v) is 7.15. The molecule has 0 bridgehead atoms. The van der Waals surface area contributed by atoms with Gasteiger partial charge >= 0.3 is 0 Å². The maximum Gasteiger partial charge on any atom is 0.260 e. The van der Waals surface area contributed by atoms with E-state index in [0.717, 1.165) is 25.0 Å². The molecule has 1 fully saturated rings. The Hall–Kier alpha value is -1.26. The van der Waals surface area contributed by atoms with Crippen LogP contribution in [0.15, 0.2) is 24.3 Å². The first-order valence-electron chi connectivity index (χ1n) is 9.17. The minimum Gasteiger partial charge on any atom is -0.481 e. The van der Waals surface area contributed by atoms with E-state index in [4.69, 9.17) is 4.74 Å². The molecule has 1 atom stereocenters. The Balaban J connectivity index is 0.00000312. The van der Waals surface area contributed by atoms with E-state index in [-0.39, 0.29) is 23.9 Å². The Morgan fingerprint density at radius 2 is 1.80 bits per heavy atom. The molecule has 1 aromatic carbocycles. The van der Waals surface area contributed by atoms with Crippen molar-refractivity contribution in [2.45, 2.75) is 64.0 Å². The molecule has 5 heteroatoms. The fourth-order valence-corrected chi connectivity index (χ4v) is 3.45. The molecule has 1 aliphatic rings. The number of hydrogen-bond donors (Lipinski definition) is 1. The highest BCUT2D eigenvalue weighted by Crippen LogP contribution is 2.31. The summed E-state index contributed by atoms with van der Waals surface area (Å²) in [5.41, 5.74) is 1.36. The molecular formula is C20H33ClN2O2. The standard InChI is InChI=1S/C20H32N2O2.ClH/c1-5-17-9-11-18(12-10-17)24-16(2)19(23)21-15-20(22(3)4)13-7-6-8-14-20;/h9-12,16H,5-8,13-15H2,1-4H3,(H,21,23);1H. The van der Waals surface area contributed by atoms with Crippen molar-refractivity contribution in [1.82, 2.24) is 10.2 Å². The first-order chi connectivity index (χ1) is 11.5. The molecule has 142 valence electrons. The van der Waals surface area contributed by atoms with Crippen molar-refractivity contribution in [3.63, 3.8) is 0 Å². The Kier molecular flexibility index (Phi) is 8.74. The topological polar surface area (TPSA) is 41.6 Å². The summed E-state index contributed by atoms with van der Waals surface area (Å²) >= 11 is 0. The second kappa shape index (κ2) is 10.0. The molecular weight excluding hydrogens is 336 g/mol. The van der Waals surface area contributed by atoms with E-state index in [9.17, 15) is 4.79 Å². The number of benzene rings is 1. The first kappa shape index (κ1) is 21.8. The number of aryl methyl sites for hydroxylation is 1. The van der Waals surface area contributed by atoms with E-state index < -0.39 is 6.10 Å². The van der Waals surface area contributed by atoms with E-state index in [2.05, 4.69) is 31.2 Å². The summed E-state index contributed by atoms with van der Waals surface area (Å²) in [5.74, 6) is 0.705. The van der Waals surface area contributed by atoms with Crippen LogP contribution in [0.2, 0.25) is 0 Å². The van der Waals surface area contributed by atoms with Crippen LogP contribution in [0.3, 0.4) is 0 Å². The molecule has 0 aliphatic heterocycles. The molecule has 1 aliphatic carbocycles. The average Bonchev–Trinajstić information content (AvgIpc) is 2.61. The SMILES string of the molecule is CCc1ccc(OC(C)C(=O)NCC2(N(C)C)CCCCC2)cc1.Cl. The minimum atomic E-state index is -0.486. The van der Waals surface area contributed by atoms with Gasteiger partial charge in [0.25, 0.3) is 5.91 Å². The van der Waals surface area contributed by atoms with Crippen LogP contribution in [0.5, 0.6) is 5.75 Å². The first-order valence-corrected chi connectivity index (χ1v) is 9.17. The van der Waals surface area contributed by atoms with Crippen molar-refractivity contribution in [1.29, 1.82) is 0 Å². The van der Waals surface area contributed by atoms with Gasteiger partial charge in [0.1, 0.15) is 5.75 Å². The number of carbonyl (C=O) groups is 1. The molecule has 1 N–H and O–H groups in total. The summed E-state index contributed by atoms with van der Waals surface area (Å²) in [6, 6.07) is 7.96. The minimum absolute atomic E-state index is 0. The molecule has 0 saturated heterocycles. The van der Waals surface area contributed by atoms with Crippen LogP contribution >= 0.6 is 12.4 Å². The fourth-order valence-electron chi connectivity index (χ4n) is 3.45. The molecule has 0 heterocycles. The van der Waals surface area contributed by atoms with E-state index in [1.165, 1.54) is 24.8 Å². The Morgan fingerprint density at radius 3 is 2.32 bits per heavy atom. The molecule has 0 spiro atoms. The van der Waals surface area contributed by atoms with Crippen LogP contribution in [-0.4, -0.2) is 43.1 Å². The van der Waals surface area contributed by atoms with Crippen LogP contribution in [0, 0.1) is 0 Å². The zero-order valence-corrected chi connectivity index (χ0v) is 16.8. The quantitative estimate of drug-likeness (QED) is 0.795. The normalized spacial score (nSPS) is 17.5. The predicted octanol–water partition coefficient (Wildman–Crippen LogP) is 3.82. The van der Waals surface area contributed by atoms with Crippen molar-refractivity contribution >= 4 is 18.3 Å². The lowest BCUT2D eigenvalue weighted by molar-refractivity contribution is -0.128. The third-order valence-electron chi connectivity index (χ3n) is 5.34. The molecule has 25 heavy (non-hydrogen) atoms. The third-order valence-corrected chi connectivity index (χ3v) is 5.34. The zero-order chi connectivity index (χ0) is 17.6. The lowest BCUT2D eigenvalue weighted by Gasteiger charge is -2.43. The number of ether oxygens (including phenoxy) is 1. The smallest absolute Gasteiger partial charge is 0.260 e. The van der Waals surface area contributed by atoms with Crippen LogP contribution < -0.4 is 10.1 Å². The number of nitrogens with one attached hydrogen (secondary N) is 1. The number of likely N-dealkylation sites (N-methyl/N-ethyl adjacent to an activating group) is 1. The summed E-state index contributed by atoms with van der Waals surface area (Å²) in [7, 11) is 4.24. The van der Waals surface area contributed by atoms with Gasteiger partial charge in [0, 0.05) is 12.1 Å². The van der Waals surface area contributed by atoms with E-state index in [0.29, 0.717) is 6.54 Å². The van der Waals surface area contributed by atoms with Crippen molar-refractivity contribution in [3.8, 4) is 5.75 Å². The summed E-state index contributed by atoms with van der Waals surface area (Å²) in [4.78, 5) is 14.7. The second-order valence-electron chi connectivity index (χ2n) is 7.15. The number of hydrogen-bond acceptors (Lipinski definition) is 3. The van der Waals surface area contributed by atoms with Gasteiger partial charge in [0.2, 0.25) is 0 Å². The van der Waals surface area contributed by atoms with Gasteiger partial charge in [-0.1, -0.05) is 38.3 Å². The summed E-state index contributed by atoms with van der Waals surface area (Å²) < 4.78 is 5.78. The number of nitrogens with zero attached hydrogens (tertiary/aromatic N) is 1. The van der Waals surface area contributed by atoms with E-state index in [1.54, 1.807) is 0 Å². The monoisotopic (exact) mass is 368 g/mol. The highest BCUT2D eigenvalue weighted by Gasteiger charge is 2.34. The Morgan fingerprint density at radius 1 is 1.20 bits per heavy atom. The van der Waals surface area contributed by atoms with Crippen molar-refractivity contribution < 1.29 is 9.53 Å². The van der Waals surface area contributed by atoms with Crippen LogP contribution in [-0.2, 0) is 11.2 Å². The summed E-state index contributed by atoms with van der Waals surface area (Å²) in [6.45, 7) is 4.63. The molecule has 1 saturated carbocycles. The highest BCUT2D eigenvalue weighted by atomic mass is 35.5. The fraction of sp³-hybridized carbons (Fsp3) is 0.650. The molecule has 0 aromatic heterocycles. The predicted molar refractivity (Wildman–Crippen MR) is 106 cm³/mol. The van der Waals surface area contributed by atoms with Gasteiger partial charge in [-0.25, -0.2) is 0 Å². The largest absolute Gasteiger partial charge is 0.481 e. The van der Waals surface area contributed by atoms with E-state index >= 15 is 0 Å². The molecule has 4 nitrogen and oxygen atoms in total. The van der Waals surface area contributed by atoms with E-state index in [1.807, 2.05) is 31.2 Å². The molecule has 0 radical (unpaired) electrons. The number of rotatable bonds is 7. The summed E-state index contributed by atoms with van der Waals surface area (Å²) in [6.07, 6.45) is 6.59. The number of carbonyl (C=O) groups excluding carboxylic acids is 1. The Bertz CT molecular complexity index is 525. The van der Waals surface area contributed by atoms with Crippen molar-refractivity contribution in [2.24, 2.45) is 0 Å². The summed E-state index contributed by atoms with van der Waals surface area (Å²) in [5, 5.41) is 3.11. The number of halogens is 1. The molecule has 2 rings (SSSR count). The van der Waals surface area contributed by atoms with Gasteiger partial charge in [-0.05, 0) is 58.0 Å². The van der Waals surface area contributed by atoms with Crippen molar-refractivity contribution in [2.75, 3.05) is 20.6 Å². The van der Waals surface area contributed by atoms with Gasteiger partial charge in [0.15, 0.2) is 6.10 Å². The van der Waals surface area contributed by atoms with Crippen LogP contribution in [0.4, 0.5) is 0 Å². The Labute approximate surface area is 158 Å². The lowest BCUT2D eigenvalue weighted by atomic mass is 9.80. The van der Waals surface area contributed by atoms with Gasteiger partial charge in [-0.3, -0.25) is 4.79 Å².